The van der Waals surface area contributed by atoms with Crippen LogP contribution in [-0.4, -0.2) is 43.1 Å². The summed E-state index contributed by atoms with van der Waals surface area (Å²) in [6, 6.07) is 117. The minimum absolute atomic E-state index is 0.837. The van der Waals surface area contributed by atoms with E-state index in [0.717, 1.165) is 209 Å². The third-order valence-electron chi connectivity index (χ3n) is 25.7. The van der Waals surface area contributed by atoms with Crippen LogP contribution < -0.4 is 0 Å². The maximum absolute atomic E-state index is 6.58. The van der Waals surface area contributed by atoms with Gasteiger partial charge in [-0.15, -0.1) is 11.3 Å². The van der Waals surface area contributed by atoms with E-state index in [2.05, 4.69) is 238 Å². The maximum atomic E-state index is 6.58. The van der Waals surface area contributed by atoms with Gasteiger partial charge in [0.05, 0.1) is 77.0 Å². The van der Waals surface area contributed by atoms with E-state index in [9.17, 15) is 0 Å². The summed E-state index contributed by atoms with van der Waals surface area (Å²) >= 11 is 1.87. The van der Waals surface area contributed by atoms with E-state index >= 15 is 0 Å². The lowest BCUT2D eigenvalue weighted by atomic mass is 9.99. The minimum Gasteiger partial charge on any atom is -0.456 e. The Balaban J connectivity index is 0.0000000927. The lowest BCUT2D eigenvalue weighted by Crippen LogP contribution is -1.90. The molecule has 0 fully saturated rings. The molecule has 0 aliphatic heterocycles. The van der Waals surface area contributed by atoms with Crippen molar-refractivity contribution in [1.29, 1.82) is 0 Å². The lowest BCUT2D eigenvalue weighted by molar-refractivity contribution is 0.668. The summed E-state index contributed by atoms with van der Waals surface area (Å²) in [4.78, 5) is 31.1. The summed E-state index contributed by atoms with van der Waals surface area (Å²) in [5.74, 6) is 0. The quantitative estimate of drug-likeness (QED) is 0.168. The van der Waals surface area contributed by atoms with Crippen LogP contribution in [0.2, 0.25) is 0 Å². The standard InChI is InChI=1S/2C38H19N3O2.C32H17N3S/c1-5-14-30-22(8-1)25-18-20(16-17-32(25)42-30)21-10-7-11-24-26-19-27-23-9-2-6-15-31(23)43-37(27)33-34-38(41(35(21)24)36(26)33)40-29-13-4-3-12-28(29)39-34;1-5-11-31-23(7-1)25-17-20(14-16-33(25)42-31)21-13-15-22-26-19-27-24-8-2-6-12-32(24)43-37(27)34-35-38(41(36(26)34)30(22)18-21)40-29-10-4-3-9-28(29)39-35;1-2-8-18(9-3-1)19-14-15-21-23-17-22-20-10-4-7-13-26(20)35-30(22)28(31(23)36-27(21)16-19)29-32(35)34-25-12-6-5-11-24(25)33-29/h2*1-19H;1-17H. The molecule has 0 saturated carbocycles. The van der Waals surface area contributed by atoms with Crippen LogP contribution in [0.4, 0.5) is 0 Å². The van der Waals surface area contributed by atoms with E-state index in [1.54, 1.807) is 0 Å². The smallest absolute Gasteiger partial charge is 0.165 e. The van der Waals surface area contributed by atoms with Crippen LogP contribution in [0.15, 0.2) is 351 Å². The van der Waals surface area contributed by atoms with Crippen molar-refractivity contribution in [2.75, 3.05) is 0 Å². The second kappa shape index (κ2) is 23.7. The molecule has 31 rings (SSSR count). The van der Waals surface area contributed by atoms with Gasteiger partial charge in [0, 0.05) is 107 Å². The zero-order chi connectivity index (χ0) is 79.0. The SMILES string of the molecule is c1ccc(-c2ccc3c(c2)sc2c3cc3c4ccccc4n4c5nc6ccccc6nc5c2c34)cc1.c1ccc2nc3c(nc2c1)c1c2oc4ccccc4c2cc2c4ccc(-c5ccc6oc7ccccc7c6c5)cc4n3c21.c1ccc2nc3c(nc2c1)c1c2oc4ccccc4c2cc2c4cccc(-c5ccc6oc7ccccc7c6c5)c4n3c21. The number of nitrogens with zero attached hydrogens (tertiary/aromatic N) is 9. The van der Waals surface area contributed by atoms with E-state index in [4.69, 9.17) is 47.6 Å². The van der Waals surface area contributed by atoms with Crippen LogP contribution in [0.3, 0.4) is 0 Å². The molecular weight excluding hydrogens is 1520 g/mol. The number of thiophene rings is 1. The number of aromatic nitrogens is 9. The van der Waals surface area contributed by atoms with Crippen molar-refractivity contribution in [3.05, 3.63) is 334 Å². The van der Waals surface area contributed by atoms with Crippen molar-refractivity contribution in [1.82, 2.24) is 43.1 Å². The Labute approximate surface area is 690 Å². The van der Waals surface area contributed by atoms with Crippen LogP contribution in [0.1, 0.15) is 0 Å². The van der Waals surface area contributed by atoms with E-state index in [0.29, 0.717) is 0 Å². The lowest BCUT2D eigenvalue weighted by Gasteiger charge is -2.07. The number of fused-ring (bicyclic) bond motifs is 39. The molecule has 13 nitrogen and oxygen atoms in total. The highest BCUT2D eigenvalue weighted by Crippen LogP contribution is 2.52. The summed E-state index contributed by atoms with van der Waals surface area (Å²) in [6.45, 7) is 0. The molecule has 0 spiro atoms. The molecule has 14 heterocycles. The number of para-hydroxylation sites is 12. The summed E-state index contributed by atoms with van der Waals surface area (Å²) in [7, 11) is 0. The summed E-state index contributed by atoms with van der Waals surface area (Å²) in [6.07, 6.45) is 0. The van der Waals surface area contributed by atoms with Crippen molar-refractivity contribution in [3.63, 3.8) is 0 Å². The minimum atomic E-state index is 0.837. The van der Waals surface area contributed by atoms with Gasteiger partial charge in [-0.2, -0.15) is 0 Å². The van der Waals surface area contributed by atoms with Crippen molar-refractivity contribution in [3.8, 4) is 33.4 Å². The summed E-state index contributed by atoms with van der Waals surface area (Å²) < 4.78 is 34.9. The number of furan rings is 4. The van der Waals surface area contributed by atoms with E-state index in [1.165, 1.54) is 80.0 Å². The van der Waals surface area contributed by atoms with Gasteiger partial charge >= 0.3 is 0 Å². The van der Waals surface area contributed by atoms with Gasteiger partial charge in [-0.3, -0.25) is 13.2 Å². The van der Waals surface area contributed by atoms with Crippen LogP contribution in [0, 0.1) is 0 Å². The molecule has 0 atom stereocenters. The van der Waals surface area contributed by atoms with E-state index in [1.807, 2.05) is 121 Å². The van der Waals surface area contributed by atoms with Gasteiger partial charge in [0.2, 0.25) is 0 Å². The second-order valence-corrected chi connectivity index (χ2v) is 33.2. The molecule has 31 aromatic rings. The highest BCUT2D eigenvalue weighted by molar-refractivity contribution is 7.27. The fraction of sp³-hybridized carbons (Fsp3) is 0. The van der Waals surface area contributed by atoms with Gasteiger partial charge in [0.15, 0.2) is 16.9 Å². The van der Waals surface area contributed by atoms with E-state index in [-0.39, 0.29) is 0 Å². The molecule has 122 heavy (non-hydrogen) atoms. The van der Waals surface area contributed by atoms with Crippen LogP contribution in [0.5, 0.6) is 0 Å². The normalized spacial score (nSPS) is 12.6. The Kier molecular flexibility index (Phi) is 12.6. The molecule has 0 aliphatic carbocycles. The van der Waals surface area contributed by atoms with Crippen LogP contribution in [-0.2, 0) is 0 Å². The molecule has 17 aromatic carbocycles. The Hall–Kier alpha value is -16.4. The Morgan fingerprint density at radius 1 is 0.213 bits per heavy atom. The predicted octanol–water partition coefficient (Wildman–Crippen LogP) is 29.3. The van der Waals surface area contributed by atoms with Crippen molar-refractivity contribution in [2.45, 2.75) is 0 Å². The average Bonchev–Trinajstić information content (AvgIpc) is 1.53. The van der Waals surface area contributed by atoms with E-state index < -0.39 is 0 Å². The van der Waals surface area contributed by atoms with Crippen LogP contribution >= 0.6 is 11.3 Å². The number of rotatable bonds is 3. The molecule has 0 bridgehead atoms. The highest BCUT2D eigenvalue weighted by Gasteiger charge is 2.31. The Morgan fingerprint density at radius 2 is 0.607 bits per heavy atom. The first-order valence-electron chi connectivity index (χ1n) is 40.9. The van der Waals surface area contributed by atoms with Crippen molar-refractivity contribution in [2.24, 2.45) is 0 Å². The zero-order valence-corrected chi connectivity index (χ0v) is 65.1. The Morgan fingerprint density at radius 3 is 1.20 bits per heavy atom. The first kappa shape index (κ1) is 64.7. The zero-order valence-electron chi connectivity index (χ0n) is 64.3. The Bertz CT molecular complexity index is 10000. The highest BCUT2D eigenvalue weighted by atomic mass is 32.1. The fourth-order valence-electron chi connectivity index (χ4n) is 20.4. The monoisotopic (exact) mass is 1570 g/mol. The van der Waals surface area contributed by atoms with Gasteiger partial charge in [-0.1, -0.05) is 212 Å². The first-order valence-corrected chi connectivity index (χ1v) is 41.8. The second-order valence-electron chi connectivity index (χ2n) is 32.2. The van der Waals surface area contributed by atoms with Gasteiger partial charge in [0.25, 0.3) is 0 Å². The molecule has 0 N–H and O–H groups in total. The van der Waals surface area contributed by atoms with Gasteiger partial charge in [0.1, 0.15) is 61.2 Å². The third kappa shape index (κ3) is 8.72. The largest absolute Gasteiger partial charge is 0.456 e. The van der Waals surface area contributed by atoms with Gasteiger partial charge in [-0.05, 0) is 149 Å². The summed E-state index contributed by atoms with van der Waals surface area (Å²) in [5, 5.41) is 22.0. The number of benzene rings is 17. The predicted molar refractivity (Wildman–Crippen MR) is 501 cm³/mol. The topological polar surface area (TPSA) is 143 Å². The fourth-order valence-corrected chi connectivity index (χ4v) is 21.7. The number of hydrogen-bond donors (Lipinski definition) is 0. The molecule has 0 unspecified atom stereocenters. The molecule has 0 aliphatic rings. The molecular formula is C108H55N9O4S. The van der Waals surface area contributed by atoms with Gasteiger partial charge in [-0.25, -0.2) is 29.9 Å². The average molecular weight is 1570 g/mol. The third-order valence-corrected chi connectivity index (χ3v) is 26.9. The maximum Gasteiger partial charge on any atom is 0.165 e. The number of hydrogen-bond acceptors (Lipinski definition) is 11. The van der Waals surface area contributed by atoms with Crippen molar-refractivity contribution >= 4 is 267 Å². The molecule has 0 amide bonds. The molecule has 562 valence electrons. The molecule has 0 saturated heterocycles. The molecule has 0 radical (unpaired) electrons. The molecule has 14 aromatic heterocycles. The van der Waals surface area contributed by atoms with Gasteiger partial charge < -0.3 is 17.7 Å². The summed E-state index contributed by atoms with van der Waals surface area (Å²) in [5.41, 5.74) is 31.6. The van der Waals surface area contributed by atoms with Crippen molar-refractivity contribution < 1.29 is 17.7 Å². The molecule has 14 heteroatoms. The van der Waals surface area contributed by atoms with Crippen LogP contribution in [0.25, 0.3) is 289 Å². The first-order chi connectivity index (χ1) is 60.5.